The van der Waals surface area contributed by atoms with Crippen molar-refractivity contribution in [3.8, 4) is 0 Å². The van der Waals surface area contributed by atoms with Crippen molar-refractivity contribution in [2.45, 2.75) is 48.3 Å². The molecule has 112 valence electrons. The number of nitrogens with one attached hydrogen (secondary N) is 1. The maximum atomic E-state index is 13.4. The minimum Gasteiger partial charge on any atom is -0.328 e. The Morgan fingerprint density at radius 2 is 2.33 bits per heavy atom. The average molecular weight is 308 g/mol. The molecule has 0 radical (unpaired) electrons. The van der Waals surface area contributed by atoms with E-state index in [1.807, 2.05) is 6.92 Å². The van der Waals surface area contributed by atoms with Gasteiger partial charge < -0.3 is 5.73 Å². The van der Waals surface area contributed by atoms with E-state index in [1.54, 1.807) is 10.6 Å². The Kier molecular flexibility index (Phi) is 3.86. The summed E-state index contributed by atoms with van der Waals surface area (Å²) in [6.45, 7) is 1.88. The van der Waals surface area contributed by atoms with Crippen LogP contribution in [0.3, 0.4) is 0 Å². The highest BCUT2D eigenvalue weighted by Gasteiger charge is 2.29. The second-order valence-corrected chi connectivity index (χ2v) is 6.46. The maximum absolute atomic E-state index is 13.4. The number of nitrogens with zero attached hydrogens (tertiary/aromatic N) is 2. The monoisotopic (exact) mass is 308 g/mol. The van der Waals surface area contributed by atoms with E-state index in [9.17, 15) is 9.18 Å². The first-order valence-corrected chi connectivity index (χ1v) is 7.75. The first-order valence-electron chi connectivity index (χ1n) is 6.93. The van der Waals surface area contributed by atoms with E-state index in [0.29, 0.717) is 11.6 Å². The van der Waals surface area contributed by atoms with E-state index < -0.39 is 0 Å². The van der Waals surface area contributed by atoms with Gasteiger partial charge in [-0.15, -0.1) is 5.10 Å². The predicted octanol–water partition coefficient (Wildman–Crippen LogP) is 2.09. The number of halogens is 1. The molecule has 1 unspecified atom stereocenters. The summed E-state index contributed by atoms with van der Waals surface area (Å²) in [5.41, 5.74) is 6.48. The lowest BCUT2D eigenvalue weighted by molar-refractivity contribution is 0.619. The van der Waals surface area contributed by atoms with Gasteiger partial charge in [-0.1, -0.05) is 0 Å². The second kappa shape index (κ2) is 5.65. The van der Waals surface area contributed by atoms with E-state index in [4.69, 9.17) is 5.73 Å². The van der Waals surface area contributed by atoms with E-state index in [1.165, 1.54) is 23.9 Å². The average Bonchev–Trinajstić information content (AvgIpc) is 3.17. The Labute approximate surface area is 125 Å². The summed E-state index contributed by atoms with van der Waals surface area (Å²) in [4.78, 5) is 12.7. The van der Waals surface area contributed by atoms with Crippen LogP contribution in [0.25, 0.3) is 0 Å². The Morgan fingerprint density at radius 3 is 3.00 bits per heavy atom. The SMILES string of the molecule is CC(N)Cc1cc(F)ccc1Sc1n[nH]c(=O)n1C1CC1. The third-order valence-electron chi connectivity index (χ3n) is 3.35. The van der Waals surface area contributed by atoms with Crippen molar-refractivity contribution < 1.29 is 4.39 Å². The van der Waals surface area contributed by atoms with Gasteiger partial charge in [0.2, 0.25) is 0 Å². The number of hydrogen-bond donors (Lipinski definition) is 2. The van der Waals surface area contributed by atoms with Crippen molar-refractivity contribution in [2.24, 2.45) is 5.73 Å². The molecule has 1 aromatic heterocycles. The second-order valence-electron chi connectivity index (χ2n) is 5.45. The summed E-state index contributed by atoms with van der Waals surface area (Å²) >= 11 is 1.38. The van der Waals surface area contributed by atoms with Crippen molar-refractivity contribution in [3.63, 3.8) is 0 Å². The summed E-state index contributed by atoms with van der Waals surface area (Å²) in [6.07, 6.45) is 2.59. The summed E-state index contributed by atoms with van der Waals surface area (Å²) in [5, 5.41) is 7.19. The maximum Gasteiger partial charge on any atom is 0.344 e. The van der Waals surface area contributed by atoms with Gasteiger partial charge in [0.25, 0.3) is 0 Å². The number of nitrogens with two attached hydrogens (primary N) is 1. The summed E-state index contributed by atoms with van der Waals surface area (Å²) in [5.74, 6) is -0.281. The normalized spacial score (nSPS) is 16.1. The minimum absolute atomic E-state index is 0.0593. The van der Waals surface area contributed by atoms with Crippen LogP contribution in [0.4, 0.5) is 4.39 Å². The van der Waals surface area contributed by atoms with Gasteiger partial charge in [0.15, 0.2) is 5.16 Å². The molecule has 7 heteroatoms. The molecule has 1 atom stereocenters. The minimum atomic E-state index is -0.281. The van der Waals surface area contributed by atoms with Crippen LogP contribution in [0.1, 0.15) is 31.4 Å². The van der Waals surface area contributed by atoms with E-state index in [2.05, 4.69) is 10.2 Å². The molecule has 1 heterocycles. The zero-order chi connectivity index (χ0) is 15.0. The summed E-state index contributed by atoms with van der Waals surface area (Å²) in [7, 11) is 0. The Balaban J connectivity index is 1.92. The Morgan fingerprint density at radius 1 is 1.57 bits per heavy atom. The van der Waals surface area contributed by atoms with Gasteiger partial charge >= 0.3 is 5.69 Å². The van der Waals surface area contributed by atoms with Crippen LogP contribution in [0, 0.1) is 5.82 Å². The van der Waals surface area contributed by atoms with Crippen LogP contribution in [0.5, 0.6) is 0 Å². The molecule has 21 heavy (non-hydrogen) atoms. The molecule has 0 bridgehead atoms. The van der Waals surface area contributed by atoms with Gasteiger partial charge in [0.1, 0.15) is 5.82 Å². The molecule has 0 saturated heterocycles. The third kappa shape index (κ3) is 3.19. The van der Waals surface area contributed by atoms with Crippen LogP contribution in [0.2, 0.25) is 0 Å². The molecule has 0 amide bonds. The zero-order valence-corrected chi connectivity index (χ0v) is 12.5. The molecule has 1 aliphatic rings. The van der Waals surface area contributed by atoms with Crippen molar-refractivity contribution in [1.29, 1.82) is 0 Å². The highest BCUT2D eigenvalue weighted by atomic mass is 32.2. The fraction of sp³-hybridized carbons (Fsp3) is 0.429. The zero-order valence-electron chi connectivity index (χ0n) is 11.7. The van der Waals surface area contributed by atoms with Crippen LogP contribution >= 0.6 is 11.8 Å². The van der Waals surface area contributed by atoms with Gasteiger partial charge in [0, 0.05) is 17.0 Å². The lowest BCUT2D eigenvalue weighted by Crippen LogP contribution is -2.18. The van der Waals surface area contributed by atoms with E-state index >= 15 is 0 Å². The number of H-pyrrole nitrogens is 1. The van der Waals surface area contributed by atoms with E-state index in [0.717, 1.165) is 23.3 Å². The standard InChI is InChI=1S/C14H17FN4OS/c1-8(16)6-9-7-10(15)2-5-12(9)21-14-18-17-13(20)19(14)11-3-4-11/h2,5,7-8,11H,3-4,6,16H2,1H3,(H,17,20). The van der Waals surface area contributed by atoms with Crippen molar-refractivity contribution in [1.82, 2.24) is 14.8 Å². The lowest BCUT2D eigenvalue weighted by atomic mass is 10.1. The molecule has 3 N–H and O–H groups in total. The Bertz CT molecular complexity index is 705. The van der Waals surface area contributed by atoms with Crippen LogP contribution in [-0.2, 0) is 6.42 Å². The van der Waals surface area contributed by atoms with Crippen LogP contribution in [0.15, 0.2) is 33.0 Å². The molecule has 2 aromatic rings. The quantitative estimate of drug-likeness (QED) is 0.886. The molecule has 1 aliphatic carbocycles. The summed E-state index contributed by atoms with van der Waals surface area (Å²) < 4.78 is 15.1. The number of hydrogen-bond acceptors (Lipinski definition) is 4. The van der Waals surface area contributed by atoms with Gasteiger partial charge in [-0.05, 0) is 61.7 Å². The van der Waals surface area contributed by atoms with Crippen LogP contribution < -0.4 is 11.4 Å². The highest BCUT2D eigenvalue weighted by molar-refractivity contribution is 7.99. The Hall–Kier alpha value is -1.60. The largest absolute Gasteiger partial charge is 0.344 e. The molecule has 1 fully saturated rings. The fourth-order valence-corrected chi connectivity index (χ4v) is 3.30. The number of rotatable bonds is 5. The topological polar surface area (TPSA) is 76.7 Å². The molecule has 1 aromatic carbocycles. The molecule has 3 rings (SSSR count). The molecular formula is C14H17FN4OS. The molecular weight excluding hydrogens is 291 g/mol. The first kappa shape index (κ1) is 14.3. The lowest BCUT2D eigenvalue weighted by Gasteiger charge is -2.11. The third-order valence-corrected chi connectivity index (χ3v) is 4.44. The van der Waals surface area contributed by atoms with Crippen LogP contribution in [-0.4, -0.2) is 20.8 Å². The number of benzene rings is 1. The number of aromatic amines is 1. The molecule has 0 spiro atoms. The van der Waals surface area contributed by atoms with Crippen molar-refractivity contribution in [2.75, 3.05) is 0 Å². The smallest absolute Gasteiger partial charge is 0.328 e. The molecule has 0 aliphatic heterocycles. The predicted molar refractivity (Wildman–Crippen MR) is 79.0 cm³/mol. The van der Waals surface area contributed by atoms with Crippen molar-refractivity contribution >= 4 is 11.8 Å². The first-order chi connectivity index (χ1) is 10.0. The number of aromatic nitrogens is 3. The fourth-order valence-electron chi connectivity index (χ4n) is 2.27. The van der Waals surface area contributed by atoms with Gasteiger partial charge in [-0.3, -0.25) is 4.57 Å². The van der Waals surface area contributed by atoms with Gasteiger partial charge in [-0.25, -0.2) is 14.3 Å². The van der Waals surface area contributed by atoms with Gasteiger partial charge in [-0.2, -0.15) is 0 Å². The highest BCUT2D eigenvalue weighted by Crippen LogP contribution is 2.38. The molecule has 1 saturated carbocycles. The van der Waals surface area contributed by atoms with Crippen molar-refractivity contribution in [3.05, 3.63) is 40.1 Å². The van der Waals surface area contributed by atoms with Gasteiger partial charge in [0.05, 0.1) is 0 Å². The summed E-state index contributed by atoms with van der Waals surface area (Å²) in [6, 6.07) is 4.82. The molecule has 5 nitrogen and oxygen atoms in total. The van der Waals surface area contributed by atoms with E-state index in [-0.39, 0.29) is 23.6 Å².